The maximum absolute atomic E-state index is 12.9. The summed E-state index contributed by atoms with van der Waals surface area (Å²) >= 11 is 0. The molecule has 0 aromatic rings. The molecule has 176 valence electrons. The quantitative estimate of drug-likeness (QED) is 0.428. The maximum Gasteiger partial charge on any atom is 0.354 e. The second-order valence-electron chi connectivity index (χ2n) is 7.95. The third-order valence-electron chi connectivity index (χ3n) is 5.46. The van der Waals surface area contributed by atoms with Crippen LogP contribution in [0.3, 0.4) is 0 Å². The average Bonchev–Trinajstić information content (AvgIpc) is 2.71. The Bertz CT molecular complexity index is 837. The van der Waals surface area contributed by atoms with Gasteiger partial charge in [0, 0.05) is 32.9 Å². The zero-order valence-corrected chi connectivity index (χ0v) is 19.4. The van der Waals surface area contributed by atoms with E-state index in [0.717, 1.165) is 12.3 Å². The predicted molar refractivity (Wildman–Crippen MR) is 118 cm³/mol. The van der Waals surface area contributed by atoms with Gasteiger partial charge >= 0.3 is 5.97 Å². The Morgan fingerprint density at radius 1 is 1.45 bits per heavy atom. The molecule has 9 nitrogen and oxygen atoms in total. The first-order chi connectivity index (χ1) is 14.6. The first-order valence-corrected chi connectivity index (χ1v) is 12.4. The van der Waals surface area contributed by atoms with E-state index in [1.165, 1.54) is 0 Å². The molecule has 0 aromatic heterocycles. The standard InChI is InChI=1S/C20H33FN4O5S/c1-5-22-20(25-8-10-30-11-9-25)24(3)18-15(12-14(2)6-7-21)23-16(19(26)27)13-17(18)31(4,28)29/h13-15,18H,5-12H2,1-4H3,(H,26,27). The van der Waals surface area contributed by atoms with Crippen LogP contribution in [-0.4, -0.2) is 106 Å². The van der Waals surface area contributed by atoms with Crippen molar-refractivity contribution in [1.29, 1.82) is 0 Å². The minimum atomic E-state index is -3.74. The van der Waals surface area contributed by atoms with E-state index in [4.69, 9.17) is 4.74 Å². The molecule has 0 radical (unpaired) electrons. The van der Waals surface area contributed by atoms with Gasteiger partial charge in [0.05, 0.1) is 36.9 Å². The smallest absolute Gasteiger partial charge is 0.354 e. The summed E-state index contributed by atoms with van der Waals surface area (Å²) in [5.41, 5.74) is -0.303. The number of morpholine rings is 1. The Balaban J connectivity index is 2.53. The Kier molecular flexibility index (Phi) is 8.99. The van der Waals surface area contributed by atoms with Crippen molar-refractivity contribution in [2.45, 2.75) is 38.8 Å². The number of carboxylic acid groups (broad SMARTS) is 1. The van der Waals surface area contributed by atoms with Crippen LogP contribution in [0.5, 0.6) is 0 Å². The van der Waals surface area contributed by atoms with Crippen LogP contribution in [-0.2, 0) is 19.4 Å². The predicted octanol–water partition coefficient (Wildman–Crippen LogP) is 1.22. The van der Waals surface area contributed by atoms with Gasteiger partial charge in [0.15, 0.2) is 15.8 Å². The first-order valence-electron chi connectivity index (χ1n) is 10.5. The van der Waals surface area contributed by atoms with Gasteiger partial charge in [0.25, 0.3) is 0 Å². The number of nitrogens with zero attached hydrogens (tertiary/aromatic N) is 4. The van der Waals surface area contributed by atoms with Crippen LogP contribution in [0.2, 0.25) is 0 Å². The van der Waals surface area contributed by atoms with E-state index in [1.807, 2.05) is 18.7 Å². The van der Waals surface area contributed by atoms with Gasteiger partial charge in [-0.3, -0.25) is 14.4 Å². The Hall–Kier alpha value is -2.01. The van der Waals surface area contributed by atoms with Crippen LogP contribution in [0.1, 0.15) is 26.7 Å². The number of ether oxygens (including phenoxy) is 1. The summed E-state index contributed by atoms with van der Waals surface area (Å²) in [6, 6.07) is -1.41. The number of carboxylic acids is 1. The SMILES string of the molecule is CCN=C(N1CCOCC1)N(C)C1C(S(C)(=O)=O)=CC(C(=O)O)=NC1CC(C)CCF. The number of sulfone groups is 1. The number of hydrogen-bond acceptors (Lipinski definition) is 6. The summed E-state index contributed by atoms with van der Waals surface area (Å²) in [4.78, 5) is 24.4. The Morgan fingerprint density at radius 2 is 2.10 bits per heavy atom. The highest BCUT2D eigenvalue weighted by atomic mass is 32.2. The molecule has 2 heterocycles. The zero-order chi connectivity index (χ0) is 23.2. The van der Waals surface area contributed by atoms with Crippen LogP contribution < -0.4 is 0 Å². The van der Waals surface area contributed by atoms with Crippen molar-refractivity contribution in [1.82, 2.24) is 9.80 Å². The normalized spacial score (nSPS) is 23.8. The summed E-state index contributed by atoms with van der Waals surface area (Å²) in [6.45, 7) is 6.03. The van der Waals surface area contributed by atoms with Crippen LogP contribution in [0.15, 0.2) is 21.0 Å². The fourth-order valence-electron chi connectivity index (χ4n) is 3.95. The molecule has 1 saturated heterocycles. The fraction of sp³-hybridized carbons (Fsp3) is 0.750. The van der Waals surface area contributed by atoms with Gasteiger partial charge in [-0.2, -0.15) is 0 Å². The molecule has 0 aliphatic carbocycles. The number of aliphatic imine (C=N–C) groups is 2. The molecule has 0 aromatic carbocycles. The fourth-order valence-corrected chi connectivity index (χ4v) is 5.03. The molecular formula is C20H33FN4O5S. The van der Waals surface area contributed by atoms with Gasteiger partial charge < -0.3 is 19.6 Å². The number of likely N-dealkylation sites (N-methyl/N-ethyl adjacent to an activating group) is 1. The van der Waals surface area contributed by atoms with Crippen LogP contribution in [0, 0.1) is 5.92 Å². The van der Waals surface area contributed by atoms with Crippen molar-refractivity contribution in [2.75, 3.05) is 52.8 Å². The minimum absolute atomic E-state index is 0.0167. The third-order valence-corrected chi connectivity index (χ3v) is 6.67. The van der Waals surface area contributed by atoms with E-state index in [9.17, 15) is 22.7 Å². The lowest BCUT2D eigenvalue weighted by atomic mass is 9.91. The molecule has 1 fully saturated rings. The summed E-state index contributed by atoms with van der Waals surface area (Å²) in [7, 11) is -1.99. The number of aliphatic carboxylic acids is 1. The molecule has 0 saturated carbocycles. The van der Waals surface area contributed by atoms with Gasteiger partial charge in [-0.25, -0.2) is 13.2 Å². The molecule has 2 aliphatic rings. The number of hydrogen-bond donors (Lipinski definition) is 1. The number of guanidine groups is 1. The molecule has 0 spiro atoms. The summed E-state index contributed by atoms with van der Waals surface area (Å²) in [5, 5.41) is 9.51. The van der Waals surface area contributed by atoms with E-state index in [0.29, 0.717) is 51.6 Å². The van der Waals surface area contributed by atoms with E-state index in [-0.39, 0.29) is 16.5 Å². The van der Waals surface area contributed by atoms with E-state index in [2.05, 4.69) is 9.98 Å². The number of rotatable bonds is 8. The van der Waals surface area contributed by atoms with Crippen LogP contribution in [0.4, 0.5) is 4.39 Å². The molecule has 0 bridgehead atoms. The Morgan fingerprint density at radius 3 is 2.61 bits per heavy atom. The largest absolute Gasteiger partial charge is 0.477 e. The minimum Gasteiger partial charge on any atom is -0.477 e. The van der Waals surface area contributed by atoms with E-state index >= 15 is 0 Å². The molecule has 3 atom stereocenters. The monoisotopic (exact) mass is 460 g/mol. The lowest BCUT2D eigenvalue weighted by molar-refractivity contribution is -0.129. The lowest BCUT2D eigenvalue weighted by Crippen LogP contribution is -2.56. The molecule has 0 amide bonds. The van der Waals surface area contributed by atoms with Crippen molar-refractivity contribution in [2.24, 2.45) is 15.9 Å². The van der Waals surface area contributed by atoms with Gasteiger partial charge in [0.1, 0.15) is 5.71 Å². The van der Waals surface area contributed by atoms with Crippen molar-refractivity contribution >= 4 is 27.5 Å². The summed E-state index contributed by atoms with van der Waals surface area (Å²) in [5.74, 6) is -0.776. The first kappa shape index (κ1) is 25.3. The van der Waals surface area contributed by atoms with Gasteiger partial charge in [-0.1, -0.05) is 6.92 Å². The highest BCUT2D eigenvalue weighted by Crippen LogP contribution is 2.30. The molecule has 2 aliphatic heterocycles. The average molecular weight is 461 g/mol. The van der Waals surface area contributed by atoms with E-state index in [1.54, 1.807) is 11.9 Å². The molecule has 2 rings (SSSR count). The van der Waals surface area contributed by atoms with Crippen molar-refractivity contribution in [3.8, 4) is 0 Å². The number of alkyl halides is 1. The van der Waals surface area contributed by atoms with Gasteiger partial charge in [-0.05, 0) is 31.8 Å². The molecule has 11 heteroatoms. The van der Waals surface area contributed by atoms with Crippen LogP contribution >= 0.6 is 0 Å². The highest BCUT2D eigenvalue weighted by Gasteiger charge is 2.40. The van der Waals surface area contributed by atoms with Crippen molar-refractivity contribution in [3.05, 3.63) is 11.0 Å². The molecule has 3 unspecified atom stereocenters. The van der Waals surface area contributed by atoms with Gasteiger partial charge in [-0.15, -0.1) is 0 Å². The topological polar surface area (TPSA) is 112 Å². The third kappa shape index (κ3) is 6.49. The Labute approximate surface area is 183 Å². The zero-order valence-electron chi connectivity index (χ0n) is 18.6. The molecule has 31 heavy (non-hydrogen) atoms. The summed E-state index contributed by atoms with van der Waals surface area (Å²) in [6.07, 6.45) is 2.85. The number of carbonyl (C=O) groups is 1. The van der Waals surface area contributed by atoms with Gasteiger partial charge in [0.2, 0.25) is 0 Å². The van der Waals surface area contributed by atoms with Crippen molar-refractivity contribution in [3.63, 3.8) is 0 Å². The second kappa shape index (κ2) is 11.0. The lowest BCUT2D eigenvalue weighted by Gasteiger charge is -2.42. The molecular weight excluding hydrogens is 427 g/mol. The van der Waals surface area contributed by atoms with Crippen LogP contribution in [0.25, 0.3) is 0 Å². The van der Waals surface area contributed by atoms with Crippen molar-refractivity contribution < 1.29 is 27.4 Å². The summed E-state index contributed by atoms with van der Waals surface area (Å²) < 4.78 is 43.7. The number of dihydropyridines is 1. The molecule has 1 N–H and O–H groups in total. The highest BCUT2D eigenvalue weighted by molar-refractivity contribution is 7.94. The second-order valence-corrected chi connectivity index (χ2v) is 9.97. The number of halogens is 1. The maximum atomic E-state index is 12.9. The van der Waals surface area contributed by atoms with E-state index < -0.39 is 34.6 Å².